The molecule has 1 aromatic heterocycles. The molecule has 0 radical (unpaired) electrons. The molecule has 3 aromatic rings. The molecule has 0 unspecified atom stereocenters. The maximum atomic E-state index is 12.7. The normalized spacial score (nSPS) is 17.2. The molecule has 0 aliphatic heterocycles. The molecule has 1 aliphatic carbocycles. The Kier molecular flexibility index (Phi) is 8.60. The lowest BCUT2D eigenvalue weighted by atomic mass is 9.91. The van der Waals surface area contributed by atoms with E-state index in [-0.39, 0.29) is 11.9 Å². The summed E-state index contributed by atoms with van der Waals surface area (Å²) in [7, 11) is 5.54. The number of benzene rings is 2. The summed E-state index contributed by atoms with van der Waals surface area (Å²) in [6, 6.07) is 18.0. The highest BCUT2D eigenvalue weighted by molar-refractivity contribution is 5.79. The van der Waals surface area contributed by atoms with Crippen molar-refractivity contribution in [1.82, 2.24) is 15.3 Å². The summed E-state index contributed by atoms with van der Waals surface area (Å²) in [6.07, 6.45) is 5.84. The first-order valence-corrected chi connectivity index (χ1v) is 12.4. The lowest BCUT2D eigenvalue weighted by Crippen LogP contribution is -2.40. The van der Waals surface area contributed by atoms with Gasteiger partial charge in [-0.3, -0.25) is 4.79 Å². The Balaban J connectivity index is 1.24. The number of methoxy groups -OCH3 is 1. The molecule has 2 aromatic carbocycles. The summed E-state index contributed by atoms with van der Waals surface area (Å²) < 4.78 is 11.4. The lowest BCUT2D eigenvalue weighted by Gasteiger charge is -2.29. The van der Waals surface area contributed by atoms with Gasteiger partial charge in [-0.25, -0.2) is 4.98 Å². The number of aromatic nitrogens is 2. The van der Waals surface area contributed by atoms with Crippen LogP contribution in [-0.4, -0.2) is 49.2 Å². The van der Waals surface area contributed by atoms with Gasteiger partial charge in [-0.15, -0.1) is 0 Å². The number of ether oxygens (including phenoxy) is 2. The number of anilines is 2. The summed E-state index contributed by atoms with van der Waals surface area (Å²) >= 11 is 0. The van der Waals surface area contributed by atoms with Gasteiger partial charge < -0.3 is 25.0 Å². The van der Waals surface area contributed by atoms with E-state index in [1.165, 1.54) is 0 Å². The minimum absolute atomic E-state index is 0.0217. The average Bonchev–Trinajstić information content (AvgIpc) is 2.89. The summed E-state index contributed by atoms with van der Waals surface area (Å²) in [5.74, 6) is 2.84. The van der Waals surface area contributed by atoms with Gasteiger partial charge in [0.15, 0.2) is 11.5 Å². The molecule has 1 aliphatic rings. The second-order valence-electron chi connectivity index (χ2n) is 9.33. The highest BCUT2D eigenvalue weighted by Crippen LogP contribution is 2.29. The van der Waals surface area contributed by atoms with Crippen LogP contribution in [0.4, 0.5) is 11.8 Å². The van der Waals surface area contributed by atoms with Crippen LogP contribution in [0.25, 0.3) is 0 Å². The third-order valence-corrected chi connectivity index (χ3v) is 6.35. The number of carbonyl (C=O) groups excluding carboxylic acids is 1. The highest BCUT2D eigenvalue weighted by atomic mass is 16.5. The van der Waals surface area contributed by atoms with E-state index in [1.54, 1.807) is 13.3 Å². The molecule has 8 heteroatoms. The second kappa shape index (κ2) is 12.2. The zero-order valence-corrected chi connectivity index (χ0v) is 21.2. The summed E-state index contributed by atoms with van der Waals surface area (Å²) in [5, 5.41) is 6.64. The van der Waals surface area contributed by atoms with Crippen molar-refractivity contribution >= 4 is 17.7 Å². The maximum absolute atomic E-state index is 12.7. The van der Waals surface area contributed by atoms with Crippen LogP contribution in [0.5, 0.6) is 11.5 Å². The topological polar surface area (TPSA) is 88.6 Å². The van der Waals surface area contributed by atoms with Crippen molar-refractivity contribution < 1.29 is 14.3 Å². The summed E-state index contributed by atoms with van der Waals surface area (Å²) in [4.78, 5) is 23.6. The molecule has 1 fully saturated rings. The Labute approximate surface area is 213 Å². The first kappa shape index (κ1) is 25.3. The zero-order chi connectivity index (χ0) is 25.3. The first-order valence-electron chi connectivity index (χ1n) is 12.4. The van der Waals surface area contributed by atoms with E-state index in [9.17, 15) is 4.79 Å². The maximum Gasteiger partial charge on any atom is 0.224 e. The fraction of sp³-hybridized carbons (Fsp3) is 0.393. The van der Waals surface area contributed by atoms with Crippen molar-refractivity contribution in [1.29, 1.82) is 0 Å². The molecule has 190 valence electrons. The van der Waals surface area contributed by atoms with Gasteiger partial charge in [-0.2, -0.15) is 4.98 Å². The van der Waals surface area contributed by atoms with Gasteiger partial charge in [0.1, 0.15) is 12.4 Å². The van der Waals surface area contributed by atoms with E-state index in [4.69, 9.17) is 9.47 Å². The molecule has 1 amide bonds. The van der Waals surface area contributed by atoms with Crippen LogP contribution >= 0.6 is 0 Å². The molecule has 8 nitrogen and oxygen atoms in total. The van der Waals surface area contributed by atoms with E-state index in [0.717, 1.165) is 42.6 Å². The number of hydrogen-bond acceptors (Lipinski definition) is 7. The number of hydrogen-bond donors (Lipinski definition) is 2. The van der Waals surface area contributed by atoms with Gasteiger partial charge in [-0.1, -0.05) is 36.4 Å². The van der Waals surface area contributed by atoms with Gasteiger partial charge >= 0.3 is 0 Å². The quantitative estimate of drug-likeness (QED) is 0.441. The van der Waals surface area contributed by atoms with Gasteiger partial charge in [0.05, 0.1) is 13.5 Å². The SMILES string of the molecule is COc1cc(CC(=O)N[C@H]2CC[C@@H](Nc3nccc(N(C)C)n3)CC2)ccc1OCc1ccccc1. The van der Waals surface area contributed by atoms with Crippen molar-refractivity contribution in [3.8, 4) is 11.5 Å². The fourth-order valence-electron chi connectivity index (χ4n) is 4.37. The van der Waals surface area contributed by atoms with Crippen molar-refractivity contribution in [2.45, 2.75) is 50.8 Å². The van der Waals surface area contributed by atoms with Crippen LogP contribution in [-0.2, 0) is 17.8 Å². The van der Waals surface area contributed by atoms with E-state index in [0.29, 0.717) is 36.5 Å². The molecular weight excluding hydrogens is 454 g/mol. The standard InChI is InChI=1S/C28H35N5O3/c1-33(2)26-15-16-29-28(32-26)31-23-12-10-22(11-13-23)30-27(34)18-21-9-14-24(25(17-21)35-3)36-19-20-7-5-4-6-8-20/h4-9,14-17,22-23H,10-13,18-19H2,1-3H3,(H,30,34)(H,29,31,32)/t22-,23+. The van der Waals surface area contributed by atoms with Crippen molar-refractivity contribution in [2.24, 2.45) is 0 Å². The first-order chi connectivity index (χ1) is 17.5. The van der Waals surface area contributed by atoms with E-state index < -0.39 is 0 Å². The second-order valence-corrected chi connectivity index (χ2v) is 9.33. The third-order valence-electron chi connectivity index (χ3n) is 6.35. The predicted octanol–water partition coefficient (Wildman–Crippen LogP) is 4.21. The highest BCUT2D eigenvalue weighted by Gasteiger charge is 2.23. The molecule has 36 heavy (non-hydrogen) atoms. The molecule has 1 saturated carbocycles. The fourth-order valence-corrected chi connectivity index (χ4v) is 4.37. The zero-order valence-electron chi connectivity index (χ0n) is 21.2. The van der Waals surface area contributed by atoms with Crippen molar-refractivity contribution in [3.05, 3.63) is 71.9 Å². The van der Waals surface area contributed by atoms with Gasteiger partial charge in [-0.05, 0) is 55.0 Å². The third kappa shape index (κ3) is 7.10. The molecule has 0 saturated heterocycles. The van der Waals surface area contributed by atoms with Gasteiger partial charge in [0, 0.05) is 32.4 Å². The summed E-state index contributed by atoms with van der Waals surface area (Å²) in [5.41, 5.74) is 1.98. The smallest absolute Gasteiger partial charge is 0.224 e. The van der Waals surface area contributed by atoms with Crippen LogP contribution in [0.15, 0.2) is 60.8 Å². The number of nitrogens with one attached hydrogen (secondary N) is 2. The van der Waals surface area contributed by atoms with E-state index in [1.807, 2.05) is 73.6 Å². The van der Waals surface area contributed by atoms with Gasteiger partial charge in [0.2, 0.25) is 11.9 Å². The molecule has 4 rings (SSSR count). The monoisotopic (exact) mass is 489 g/mol. The molecule has 0 bridgehead atoms. The van der Waals surface area contributed by atoms with E-state index in [2.05, 4.69) is 20.6 Å². The minimum Gasteiger partial charge on any atom is -0.493 e. The largest absolute Gasteiger partial charge is 0.493 e. The summed E-state index contributed by atoms with van der Waals surface area (Å²) in [6.45, 7) is 0.460. The Morgan fingerprint density at radius 3 is 2.44 bits per heavy atom. The van der Waals surface area contributed by atoms with Crippen molar-refractivity contribution in [3.63, 3.8) is 0 Å². The predicted molar refractivity (Wildman–Crippen MR) is 142 cm³/mol. The molecule has 0 spiro atoms. The Hall–Kier alpha value is -3.81. The molecule has 1 heterocycles. The van der Waals surface area contributed by atoms with Crippen LogP contribution in [0.2, 0.25) is 0 Å². The van der Waals surface area contributed by atoms with Crippen LogP contribution in [0.3, 0.4) is 0 Å². The number of amides is 1. The molecule has 0 atom stereocenters. The number of carbonyl (C=O) groups is 1. The van der Waals surface area contributed by atoms with E-state index >= 15 is 0 Å². The van der Waals surface area contributed by atoms with Crippen molar-refractivity contribution in [2.75, 3.05) is 31.4 Å². The Morgan fingerprint density at radius 1 is 0.972 bits per heavy atom. The Bertz CT molecular complexity index is 1130. The van der Waals surface area contributed by atoms with Crippen LogP contribution in [0, 0.1) is 0 Å². The Morgan fingerprint density at radius 2 is 1.72 bits per heavy atom. The number of rotatable bonds is 10. The van der Waals surface area contributed by atoms with Gasteiger partial charge in [0.25, 0.3) is 0 Å². The lowest BCUT2D eigenvalue weighted by molar-refractivity contribution is -0.121. The molecule has 2 N–H and O–H groups in total. The number of nitrogens with zero attached hydrogens (tertiary/aromatic N) is 3. The molecular formula is C28H35N5O3. The minimum atomic E-state index is 0.0217. The van der Waals surface area contributed by atoms with Crippen LogP contribution in [0.1, 0.15) is 36.8 Å². The average molecular weight is 490 g/mol. The van der Waals surface area contributed by atoms with Crippen LogP contribution < -0.4 is 25.0 Å².